The van der Waals surface area contributed by atoms with Crippen LogP contribution >= 0.6 is 0 Å². The van der Waals surface area contributed by atoms with Gasteiger partial charge < -0.3 is 10.2 Å². The van der Waals surface area contributed by atoms with Gasteiger partial charge in [-0.1, -0.05) is 20.8 Å². The van der Waals surface area contributed by atoms with Crippen LogP contribution < -0.4 is 15.8 Å². The lowest BCUT2D eigenvalue weighted by molar-refractivity contribution is 0.396. The molecule has 0 amide bonds. The molecule has 1 aromatic rings. The third kappa shape index (κ3) is 5.03. The second-order valence-corrected chi connectivity index (χ2v) is 5.42. The third-order valence-electron chi connectivity index (χ3n) is 3.13. The second-order valence-electron chi connectivity index (χ2n) is 5.42. The Morgan fingerprint density at radius 1 is 1.42 bits per heavy atom. The zero-order valence-corrected chi connectivity index (χ0v) is 12.7. The summed E-state index contributed by atoms with van der Waals surface area (Å²) in [6.45, 7) is 10.8. The minimum Gasteiger partial charge on any atom is -0.373 e. The Kier molecular flexibility index (Phi) is 6.02. The van der Waals surface area contributed by atoms with Gasteiger partial charge in [0.05, 0.1) is 11.9 Å². The van der Waals surface area contributed by atoms with Gasteiger partial charge in [0.25, 0.3) is 5.56 Å². The minimum atomic E-state index is -0.0332. The highest BCUT2D eigenvalue weighted by Crippen LogP contribution is 2.06. The normalized spacial score (nSPS) is 12.7. The van der Waals surface area contributed by atoms with Crippen molar-refractivity contribution >= 4 is 5.69 Å². The van der Waals surface area contributed by atoms with E-state index in [1.54, 1.807) is 16.9 Å². The van der Waals surface area contributed by atoms with Crippen LogP contribution in [0.25, 0.3) is 0 Å². The summed E-state index contributed by atoms with van der Waals surface area (Å²) in [5.74, 6) is 0.377. The molecule has 1 N–H and O–H groups in total. The van der Waals surface area contributed by atoms with Crippen LogP contribution in [-0.4, -0.2) is 36.0 Å². The van der Waals surface area contributed by atoms with E-state index in [0.717, 1.165) is 18.8 Å². The Balaban J connectivity index is 2.67. The molecule has 0 aromatic carbocycles. The molecule has 1 heterocycles. The Morgan fingerprint density at radius 3 is 2.63 bits per heavy atom. The standard InChI is InChI=1S/C14H26N4O/c1-6-17(5)13-7-14(19)18(16-9-13)10-12(4)8-15-11(2)3/h7,9,11-12,15H,6,8,10H2,1-5H3. The van der Waals surface area contributed by atoms with E-state index in [-0.39, 0.29) is 5.56 Å². The van der Waals surface area contributed by atoms with Gasteiger partial charge in [-0.3, -0.25) is 4.79 Å². The lowest BCUT2D eigenvalue weighted by Gasteiger charge is -2.18. The molecule has 0 saturated heterocycles. The van der Waals surface area contributed by atoms with Crippen LogP contribution in [0, 0.1) is 5.92 Å². The predicted molar refractivity (Wildman–Crippen MR) is 79.7 cm³/mol. The van der Waals surface area contributed by atoms with Crippen molar-refractivity contribution in [3.8, 4) is 0 Å². The summed E-state index contributed by atoms with van der Waals surface area (Å²) in [5, 5.41) is 7.62. The Labute approximate surface area is 115 Å². The van der Waals surface area contributed by atoms with Crippen molar-refractivity contribution in [3.05, 3.63) is 22.6 Å². The van der Waals surface area contributed by atoms with Gasteiger partial charge in [0.1, 0.15) is 0 Å². The average Bonchev–Trinajstić information content (AvgIpc) is 2.37. The average molecular weight is 266 g/mol. The first-order valence-electron chi connectivity index (χ1n) is 6.95. The lowest BCUT2D eigenvalue weighted by atomic mass is 10.1. The van der Waals surface area contributed by atoms with Crippen molar-refractivity contribution < 1.29 is 0 Å². The number of hydrogen-bond donors (Lipinski definition) is 1. The molecule has 1 aromatic heterocycles. The summed E-state index contributed by atoms with van der Waals surface area (Å²) in [5.41, 5.74) is 0.839. The summed E-state index contributed by atoms with van der Waals surface area (Å²) in [7, 11) is 1.95. The van der Waals surface area contributed by atoms with E-state index in [4.69, 9.17) is 0 Å². The monoisotopic (exact) mass is 266 g/mol. The summed E-state index contributed by atoms with van der Waals surface area (Å²) < 4.78 is 1.54. The first-order chi connectivity index (χ1) is 8.93. The van der Waals surface area contributed by atoms with Crippen LogP contribution in [0.1, 0.15) is 27.7 Å². The highest BCUT2D eigenvalue weighted by molar-refractivity contribution is 5.41. The molecule has 1 unspecified atom stereocenters. The first kappa shape index (κ1) is 15.7. The predicted octanol–water partition coefficient (Wildman–Crippen LogP) is 1.33. The molecule has 0 radical (unpaired) electrons. The molecule has 5 heteroatoms. The molecule has 0 fully saturated rings. The maximum atomic E-state index is 12.0. The molecule has 0 bridgehead atoms. The number of rotatable bonds is 7. The molecule has 19 heavy (non-hydrogen) atoms. The summed E-state index contributed by atoms with van der Waals surface area (Å²) in [6, 6.07) is 2.12. The highest BCUT2D eigenvalue weighted by atomic mass is 16.1. The van der Waals surface area contributed by atoms with Crippen LogP contribution in [0.2, 0.25) is 0 Å². The molecular weight excluding hydrogens is 240 g/mol. The molecule has 1 atom stereocenters. The molecule has 5 nitrogen and oxygen atoms in total. The lowest BCUT2D eigenvalue weighted by Crippen LogP contribution is -2.33. The zero-order valence-electron chi connectivity index (χ0n) is 12.7. The summed E-state index contributed by atoms with van der Waals surface area (Å²) >= 11 is 0. The van der Waals surface area contributed by atoms with Gasteiger partial charge in [0, 0.05) is 32.2 Å². The van der Waals surface area contributed by atoms with Crippen LogP contribution in [0.4, 0.5) is 5.69 Å². The molecule has 0 aliphatic carbocycles. The van der Waals surface area contributed by atoms with E-state index in [2.05, 4.69) is 31.2 Å². The molecule has 1 rings (SSSR count). The van der Waals surface area contributed by atoms with Crippen molar-refractivity contribution in [1.82, 2.24) is 15.1 Å². The van der Waals surface area contributed by atoms with Crippen molar-refractivity contribution in [2.75, 3.05) is 25.0 Å². The second kappa shape index (κ2) is 7.28. The first-order valence-corrected chi connectivity index (χ1v) is 6.95. The zero-order chi connectivity index (χ0) is 14.4. The molecule has 0 aliphatic heterocycles. The molecule has 0 spiro atoms. The number of nitrogens with one attached hydrogen (secondary N) is 1. The summed E-state index contributed by atoms with van der Waals surface area (Å²) in [6.07, 6.45) is 1.76. The van der Waals surface area contributed by atoms with E-state index >= 15 is 0 Å². The fourth-order valence-corrected chi connectivity index (χ4v) is 1.75. The fraction of sp³-hybridized carbons (Fsp3) is 0.714. The van der Waals surface area contributed by atoms with Gasteiger partial charge in [0.2, 0.25) is 0 Å². The molecule has 0 saturated carbocycles. The quantitative estimate of drug-likeness (QED) is 0.809. The molecule has 0 aliphatic rings. The van der Waals surface area contributed by atoms with Gasteiger partial charge >= 0.3 is 0 Å². The van der Waals surface area contributed by atoms with Crippen molar-refractivity contribution in [3.63, 3.8) is 0 Å². The number of anilines is 1. The van der Waals surface area contributed by atoms with E-state index in [1.807, 2.05) is 18.9 Å². The highest BCUT2D eigenvalue weighted by Gasteiger charge is 2.08. The summed E-state index contributed by atoms with van der Waals surface area (Å²) in [4.78, 5) is 14.0. The van der Waals surface area contributed by atoms with E-state index in [1.165, 1.54) is 0 Å². The number of hydrogen-bond acceptors (Lipinski definition) is 4. The Morgan fingerprint density at radius 2 is 2.11 bits per heavy atom. The Bertz CT molecular complexity index is 441. The van der Waals surface area contributed by atoms with E-state index < -0.39 is 0 Å². The molecular formula is C14H26N4O. The van der Waals surface area contributed by atoms with E-state index in [0.29, 0.717) is 18.5 Å². The van der Waals surface area contributed by atoms with Crippen LogP contribution in [0.5, 0.6) is 0 Å². The smallest absolute Gasteiger partial charge is 0.268 e. The maximum Gasteiger partial charge on any atom is 0.268 e. The van der Waals surface area contributed by atoms with Gasteiger partial charge in [-0.15, -0.1) is 0 Å². The number of nitrogens with zero attached hydrogens (tertiary/aromatic N) is 3. The maximum absolute atomic E-state index is 12.0. The molecule has 108 valence electrons. The van der Waals surface area contributed by atoms with Gasteiger partial charge in [-0.25, -0.2) is 4.68 Å². The number of aromatic nitrogens is 2. The van der Waals surface area contributed by atoms with Crippen LogP contribution in [0.15, 0.2) is 17.1 Å². The minimum absolute atomic E-state index is 0.0332. The van der Waals surface area contributed by atoms with Gasteiger partial charge in [-0.05, 0) is 19.4 Å². The van der Waals surface area contributed by atoms with Gasteiger partial charge in [0.15, 0.2) is 0 Å². The largest absolute Gasteiger partial charge is 0.373 e. The third-order valence-corrected chi connectivity index (χ3v) is 3.13. The van der Waals surface area contributed by atoms with Crippen molar-refractivity contribution in [1.29, 1.82) is 0 Å². The topological polar surface area (TPSA) is 50.2 Å². The SMILES string of the molecule is CCN(C)c1cnn(CC(C)CNC(C)C)c(=O)c1. The van der Waals surface area contributed by atoms with Crippen molar-refractivity contribution in [2.45, 2.75) is 40.3 Å². The van der Waals surface area contributed by atoms with Crippen LogP contribution in [0.3, 0.4) is 0 Å². The fourth-order valence-electron chi connectivity index (χ4n) is 1.75. The van der Waals surface area contributed by atoms with Crippen molar-refractivity contribution in [2.24, 2.45) is 5.92 Å². The van der Waals surface area contributed by atoms with Gasteiger partial charge in [-0.2, -0.15) is 5.10 Å². The van der Waals surface area contributed by atoms with E-state index in [9.17, 15) is 4.79 Å². The Hall–Kier alpha value is -1.36. The van der Waals surface area contributed by atoms with Crippen LogP contribution in [-0.2, 0) is 6.54 Å².